The summed E-state index contributed by atoms with van der Waals surface area (Å²) in [4.78, 5) is 9.78. The Bertz CT molecular complexity index is 1240. The predicted molar refractivity (Wildman–Crippen MR) is 118 cm³/mol. The van der Waals surface area contributed by atoms with E-state index in [9.17, 15) is 0 Å². The summed E-state index contributed by atoms with van der Waals surface area (Å²) >= 11 is 0. The third kappa shape index (κ3) is 2.72. The fourth-order valence-corrected chi connectivity index (χ4v) is 4.91. The number of rotatable bonds is 5. The van der Waals surface area contributed by atoms with Gasteiger partial charge in [-0.25, -0.2) is 0 Å². The van der Waals surface area contributed by atoms with Gasteiger partial charge >= 0.3 is 0 Å². The smallest absolute Gasteiger partial charge is 0.0699 e. The number of aromatic nitrogens is 4. The van der Waals surface area contributed by atoms with Gasteiger partial charge in [0, 0.05) is 46.4 Å². The minimum absolute atomic E-state index is 0.264. The molecule has 0 aliphatic heterocycles. The van der Waals surface area contributed by atoms with E-state index in [1.54, 1.807) is 0 Å². The summed E-state index contributed by atoms with van der Waals surface area (Å²) in [5.41, 5.74) is 7.49. The third-order valence-corrected chi connectivity index (χ3v) is 6.80. The number of hydrogen-bond donors (Lipinski definition) is 0. The molecule has 148 valence electrons. The van der Waals surface area contributed by atoms with Crippen molar-refractivity contribution in [1.82, 2.24) is 19.1 Å². The summed E-state index contributed by atoms with van der Waals surface area (Å²) in [6.45, 7) is 6.66. The van der Waals surface area contributed by atoms with Crippen molar-refractivity contribution >= 4 is 21.8 Å². The van der Waals surface area contributed by atoms with E-state index in [2.05, 4.69) is 71.5 Å². The van der Waals surface area contributed by atoms with Crippen molar-refractivity contribution in [2.24, 2.45) is 0 Å². The number of fused-ring (bicyclic) bond motifs is 2. The molecule has 2 aliphatic rings. The molecule has 2 fully saturated rings. The highest BCUT2D eigenvalue weighted by Crippen LogP contribution is 2.43. The molecule has 4 aromatic heterocycles. The summed E-state index contributed by atoms with van der Waals surface area (Å²) in [5.74, 6) is 0.264. The molecule has 6 rings (SSSR count). The zero-order valence-corrected chi connectivity index (χ0v) is 17.5. The summed E-state index contributed by atoms with van der Waals surface area (Å²) < 4.78 is 4.98. The Kier molecular flexibility index (Phi) is 3.68. The van der Waals surface area contributed by atoms with Crippen LogP contribution < -0.4 is 0 Å². The van der Waals surface area contributed by atoms with E-state index >= 15 is 0 Å². The molecule has 0 bridgehead atoms. The molecule has 29 heavy (non-hydrogen) atoms. The molecule has 0 N–H and O–H groups in total. The molecule has 4 heteroatoms. The molecular weight excluding hydrogens is 356 g/mol. The van der Waals surface area contributed by atoms with E-state index in [0.717, 1.165) is 12.1 Å². The molecule has 0 spiro atoms. The van der Waals surface area contributed by atoms with Gasteiger partial charge in [0.05, 0.1) is 28.6 Å². The SMILES string of the molecule is CCc1cc2cc([C@H](C)c3cc4ccn(C5CC5)c4c(C)n3)n(C3CC3)c2cn1. The van der Waals surface area contributed by atoms with E-state index < -0.39 is 0 Å². The first kappa shape index (κ1) is 17.3. The Balaban J connectivity index is 1.48. The van der Waals surface area contributed by atoms with Crippen molar-refractivity contribution < 1.29 is 0 Å². The lowest BCUT2D eigenvalue weighted by atomic mass is 10.0. The average molecular weight is 385 g/mol. The molecule has 0 amide bonds. The average Bonchev–Trinajstić information content (AvgIpc) is 3.67. The molecule has 0 unspecified atom stereocenters. The van der Waals surface area contributed by atoms with Crippen LogP contribution in [0.15, 0.2) is 36.7 Å². The lowest BCUT2D eigenvalue weighted by molar-refractivity contribution is 0.683. The van der Waals surface area contributed by atoms with E-state index in [1.165, 1.54) is 64.6 Å². The molecule has 1 atom stereocenters. The minimum atomic E-state index is 0.264. The first-order chi connectivity index (χ1) is 14.1. The minimum Gasteiger partial charge on any atom is -0.343 e. The predicted octanol–water partition coefficient (Wildman–Crippen LogP) is 6.08. The largest absolute Gasteiger partial charge is 0.343 e. The van der Waals surface area contributed by atoms with Gasteiger partial charge in [-0.05, 0) is 63.3 Å². The molecule has 0 aromatic carbocycles. The molecule has 4 aromatic rings. The van der Waals surface area contributed by atoms with E-state index in [4.69, 9.17) is 4.98 Å². The summed E-state index contributed by atoms with van der Waals surface area (Å²) in [7, 11) is 0. The molecule has 4 nitrogen and oxygen atoms in total. The first-order valence-corrected chi connectivity index (χ1v) is 11.1. The molecule has 4 heterocycles. The number of pyridine rings is 2. The fourth-order valence-electron chi connectivity index (χ4n) is 4.91. The summed E-state index contributed by atoms with van der Waals surface area (Å²) in [6.07, 6.45) is 10.5. The van der Waals surface area contributed by atoms with Crippen molar-refractivity contribution in [2.75, 3.05) is 0 Å². The normalized spacial score (nSPS) is 18.0. The number of aryl methyl sites for hydroxylation is 2. The van der Waals surface area contributed by atoms with Crippen LogP contribution in [0.2, 0.25) is 0 Å². The standard InChI is InChI=1S/C25H28N4/c1-4-19-11-18-13-23(29(21-7-8-21)24(18)14-26-19)15(2)22-12-17-9-10-28(20-5-6-20)25(17)16(3)27-22/h9-15,20-21H,4-8H2,1-3H3/t15-/m1/s1. The van der Waals surface area contributed by atoms with Crippen molar-refractivity contribution in [1.29, 1.82) is 0 Å². The van der Waals surface area contributed by atoms with Gasteiger partial charge in [0.25, 0.3) is 0 Å². The third-order valence-electron chi connectivity index (χ3n) is 6.80. The van der Waals surface area contributed by atoms with Crippen LogP contribution in [0.25, 0.3) is 21.8 Å². The molecule has 0 radical (unpaired) electrons. The van der Waals surface area contributed by atoms with Crippen molar-refractivity contribution in [3.8, 4) is 0 Å². The first-order valence-electron chi connectivity index (χ1n) is 11.1. The second kappa shape index (κ2) is 6.19. The van der Waals surface area contributed by atoms with Crippen LogP contribution in [0.5, 0.6) is 0 Å². The van der Waals surface area contributed by atoms with Gasteiger partial charge in [-0.2, -0.15) is 0 Å². The summed E-state index contributed by atoms with van der Waals surface area (Å²) in [5, 5.41) is 2.65. The topological polar surface area (TPSA) is 35.6 Å². The Labute approximate surface area is 171 Å². The van der Waals surface area contributed by atoms with Crippen molar-refractivity contribution in [2.45, 2.75) is 70.9 Å². The number of nitrogens with zero attached hydrogens (tertiary/aromatic N) is 4. The van der Waals surface area contributed by atoms with Crippen LogP contribution in [-0.4, -0.2) is 19.1 Å². The van der Waals surface area contributed by atoms with Crippen LogP contribution in [0.3, 0.4) is 0 Å². The van der Waals surface area contributed by atoms with E-state index in [1.807, 2.05) is 0 Å². The Morgan fingerprint density at radius 3 is 2.59 bits per heavy atom. The maximum Gasteiger partial charge on any atom is 0.0699 e. The van der Waals surface area contributed by atoms with Gasteiger partial charge in [-0.1, -0.05) is 13.8 Å². The van der Waals surface area contributed by atoms with Gasteiger partial charge in [0.15, 0.2) is 0 Å². The highest BCUT2D eigenvalue weighted by Gasteiger charge is 2.30. The molecular formula is C25H28N4. The zero-order chi connectivity index (χ0) is 19.7. The van der Waals surface area contributed by atoms with Crippen LogP contribution in [0, 0.1) is 6.92 Å². The lowest BCUT2D eigenvalue weighted by Gasteiger charge is -2.17. The maximum atomic E-state index is 5.10. The molecule has 0 saturated heterocycles. The van der Waals surface area contributed by atoms with Crippen LogP contribution in [0.1, 0.15) is 80.3 Å². The Morgan fingerprint density at radius 1 is 1.07 bits per heavy atom. The van der Waals surface area contributed by atoms with E-state index in [0.29, 0.717) is 12.1 Å². The Morgan fingerprint density at radius 2 is 1.86 bits per heavy atom. The highest BCUT2D eigenvalue weighted by molar-refractivity contribution is 5.84. The van der Waals surface area contributed by atoms with Gasteiger partial charge in [-0.3, -0.25) is 9.97 Å². The van der Waals surface area contributed by atoms with Gasteiger partial charge < -0.3 is 9.13 Å². The van der Waals surface area contributed by atoms with Crippen molar-refractivity contribution in [3.63, 3.8) is 0 Å². The Hall–Kier alpha value is -2.62. The van der Waals surface area contributed by atoms with E-state index in [-0.39, 0.29) is 5.92 Å². The van der Waals surface area contributed by atoms with Gasteiger partial charge in [0.1, 0.15) is 0 Å². The second-order valence-electron chi connectivity index (χ2n) is 9.00. The van der Waals surface area contributed by atoms with Gasteiger partial charge in [-0.15, -0.1) is 0 Å². The second-order valence-corrected chi connectivity index (χ2v) is 9.00. The quantitative estimate of drug-likeness (QED) is 0.418. The number of hydrogen-bond acceptors (Lipinski definition) is 2. The fraction of sp³-hybridized carbons (Fsp3) is 0.440. The highest BCUT2D eigenvalue weighted by atomic mass is 15.1. The van der Waals surface area contributed by atoms with Crippen LogP contribution in [-0.2, 0) is 6.42 Å². The van der Waals surface area contributed by atoms with Crippen LogP contribution in [0.4, 0.5) is 0 Å². The zero-order valence-electron chi connectivity index (χ0n) is 17.5. The van der Waals surface area contributed by atoms with Gasteiger partial charge in [0.2, 0.25) is 0 Å². The molecule has 2 aliphatic carbocycles. The maximum absolute atomic E-state index is 5.10. The monoisotopic (exact) mass is 384 g/mol. The van der Waals surface area contributed by atoms with Crippen molar-refractivity contribution in [3.05, 3.63) is 59.4 Å². The molecule has 2 saturated carbocycles. The summed E-state index contributed by atoms with van der Waals surface area (Å²) in [6, 6.07) is 10.6. The lowest BCUT2D eigenvalue weighted by Crippen LogP contribution is -2.08. The van der Waals surface area contributed by atoms with Crippen LogP contribution >= 0.6 is 0 Å².